The maximum Gasteiger partial charge on any atom is 0.149 e. The minimum atomic E-state index is -0.162. The highest BCUT2D eigenvalue weighted by Gasteiger charge is 2.40. The molecular formula is C11H21NO. The molecule has 0 aromatic heterocycles. The lowest BCUT2D eigenvalue weighted by Gasteiger charge is -2.34. The molecule has 0 aromatic carbocycles. The number of rotatable bonds is 3. The van der Waals surface area contributed by atoms with Crippen molar-refractivity contribution in [1.29, 1.82) is 0 Å². The number of hydrogen-bond acceptors (Lipinski definition) is 2. The van der Waals surface area contributed by atoms with Crippen LogP contribution in [0, 0.1) is 5.92 Å². The number of carbonyl (C=O) groups excluding carboxylic acids is 1. The van der Waals surface area contributed by atoms with Gasteiger partial charge in [-0.3, -0.25) is 9.69 Å². The van der Waals surface area contributed by atoms with Gasteiger partial charge >= 0.3 is 0 Å². The smallest absolute Gasteiger partial charge is 0.149 e. The summed E-state index contributed by atoms with van der Waals surface area (Å²) >= 11 is 0. The number of likely N-dealkylation sites (tertiary alicyclic amines) is 1. The summed E-state index contributed by atoms with van der Waals surface area (Å²) in [4.78, 5) is 13.9. The van der Waals surface area contributed by atoms with Gasteiger partial charge in [0.1, 0.15) is 5.78 Å². The Morgan fingerprint density at radius 1 is 1.54 bits per heavy atom. The topological polar surface area (TPSA) is 20.3 Å². The van der Waals surface area contributed by atoms with Crippen molar-refractivity contribution in [3.8, 4) is 0 Å². The number of hydrogen-bond donors (Lipinski definition) is 0. The molecule has 1 aliphatic rings. The van der Waals surface area contributed by atoms with Gasteiger partial charge < -0.3 is 0 Å². The molecule has 0 aliphatic carbocycles. The van der Waals surface area contributed by atoms with Crippen LogP contribution in [0.4, 0.5) is 0 Å². The molecule has 1 saturated heterocycles. The fraction of sp³-hybridized carbons (Fsp3) is 0.909. The Kier molecular flexibility index (Phi) is 3.12. The second-order valence-corrected chi connectivity index (χ2v) is 4.77. The number of carbonyl (C=O) groups is 1. The first-order chi connectivity index (χ1) is 5.97. The monoisotopic (exact) mass is 183 g/mol. The third-order valence-corrected chi connectivity index (χ3v) is 3.13. The van der Waals surface area contributed by atoms with Crippen molar-refractivity contribution in [3.05, 3.63) is 0 Å². The maximum atomic E-state index is 11.5. The fourth-order valence-corrected chi connectivity index (χ4v) is 2.15. The van der Waals surface area contributed by atoms with Crippen molar-refractivity contribution in [3.63, 3.8) is 0 Å². The van der Waals surface area contributed by atoms with Crippen LogP contribution in [-0.4, -0.2) is 29.3 Å². The molecule has 0 N–H and O–H groups in total. The van der Waals surface area contributed by atoms with Crippen LogP contribution in [0.5, 0.6) is 0 Å². The molecule has 1 atom stereocenters. The van der Waals surface area contributed by atoms with E-state index in [0.717, 1.165) is 19.5 Å². The van der Waals surface area contributed by atoms with Crippen molar-refractivity contribution in [2.24, 2.45) is 5.92 Å². The summed E-state index contributed by atoms with van der Waals surface area (Å²) in [5.74, 6) is 0.974. The van der Waals surface area contributed by atoms with E-state index in [0.29, 0.717) is 11.7 Å². The highest BCUT2D eigenvalue weighted by molar-refractivity contribution is 5.85. The first kappa shape index (κ1) is 10.7. The molecule has 0 spiro atoms. The van der Waals surface area contributed by atoms with Crippen LogP contribution in [0.25, 0.3) is 0 Å². The Labute approximate surface area is 81.3 Å². The number of nitrogens with zero attached hydrogens (tertiary/aromatic N) is 1. The van der Waals surface area contributed by atoms with Crippen LogP contribution in [0.15, 0.2) is 0 Å². The number of ketones is 1. The normalized spacial score (nSPS) is 29.9. The molecule has 76 valence electrons. The van der Waals surface area contributed by atoms with Crippen molar-refractivity contribution >= 4 is 5.78 Å². The third kappa shape index (κ3) is 2.11. The van der Waals surface area contributed by atoms with Crippen LogP contribution in [0.1, 0.15) is 40.5 Å². The first-order valence-corrected chi connectivity index (χ1v) is 5.23. The largest absolute Gasteiger partial charge is 0.298 e. The Morgan fingerprint density at radius 3 is 2.62 bits per heavy atom. The van der Waals surface area contributed by atoms with Gasteiger partial charge in [-0.15, -0.1) is 0 Å². The molecule has 1 aliphatic heterocycles. The molecule has 2 heteroatoms. The molecule has 0 bridgehead atoms. The van der Waals surface area contributed by atoms with Crippen molar-refractivity contribution < 1.29 is 4.79 Å². The van der Waals surface area contributed by atoms with Gasteiger partial charge in [-0.25, -0.2) is 0 Å². The van der Waals surface area contributed by atoms with Gasteiger partial charge in [0.2, 0.25) is 0 Å². The molecule has 0 unspecified atom stereocenters. The minimum absolute atomic E-state index is 0.162. The second kappa shape index (κ2) is 3.79. The summed E-state index contributed by atoms with van der Waals surface area (Å²) < 4.78 is 0. The third-order valence-electron chi connectivity index (χ3n) is 3.13. The predicted molar refractivity (Wildman–Crippen MR) is 54.7 cm³/mol. The lowest BCUT2D eigenvalue weighted by Crippen LogP contribution is -2.48. The van der Waals surface area contributed by atoms with Crippen LogP contribution in [0.3, 0.4) is 0 Å². The molecule has 1 fully saturated rings. The molecule has 0 radical (unpaired) electrons. The van der Waals surface area contributed by atoms with E-state index in [9.17, 15) is 4.79 Å². The van der Waals surface area contributed by atoms with E-state index in [1.165, 1.54) is 6.42 Å². The van der Waals surface area contributed by atoms with Crippen molar-refractivity contribution in [2.75, 3.05) is 13.1 Å². The van der Waals surface area contributed by atoms with E-state index in [-0.39, 0.29) is 5.54 Å². The maximum absolute atomic E-state index is 11.5. The summed E-state index contributed by atoms with van der Waals surface area (Å²) in [6, 6.07) is 0. The highest BCUT2D eigenvalue weighted by atomic mass is 16.1. The average Bonchev–Trinajstić information content (AvgIpc) is 2.33. The van der Waals surface area contributed by atoms with E-state index in [4.69, 9.17) is 0 Å². The van der Waals surface area contributed by atoms with E-state index in [2.05, 4.69) is 25.7 Å². The van der Waals surface area contributed by atoms with Crippen molar-refractivity contribution in [2.45, 2.75) is 46.1 Å². The van der Waals surface area contributed by atoms with E-state index < -0.39 is 0 Å². The molecule has 0 amide bonds. The molecule has 1 heterocycles. The standard InChI is InChI=1S/C11H21NO/c1-9(2)8-12-7-5-6-11(12,4)10(3)13/h9H,5-8H2,1-4H3/t11-/m0/s1. The van der Waals surface area contributed by atoms with E-state index >= 15 is 0 Å². The first-order valence-electron chi connectivity index (χ1n) is 5.23. The average molecular weight is 183 g/mol. The fourth-order valence-electron chi connectivity index (χ4n) is 2.15. The van der Waals surface area contributed by atoms with Gasteiger partial charge in [-0.05, 0) is 39.2 Å². The highest BCUT2D eigenvalue weighted by Crippen LogP contribution is 2.30. The van der Waals surface area contributed by atoms with Gasteiger partial charge in [0, 0.05) is 6.54 Å². The van der Waals surface area contributed by atoms with E-state index in [1.54, 1.807) is 6.92 Å². The number of Topliss-reactive ketones (excluding diaryl/α,β-unsaturated/α-hetero) is 1. The minimum Gasteiger partial charge on any atom is -0.298 e. The Bertz CT molecular complexity index is 200. The summed E-state index contributed by atoms with van der Waals surface area (Å²) in [6.45, 7) is 10.4. The molecular weight excluding hydrogens is 162 g/mol. The second-order valence-electron chi connectivity index (χ2n) is 4.77. The lowest BCUT2D eigenvalue weighted by molar-refractivity contribution is -0.126. The molecule has 0 aromatic rings. The summed E-state index contributed by atoms with van der Waals surface area (Å²) in [5, 5.41) is 0. The lowest BCUT2D eigenvalue weighted by atomic mass is 9.93. The van der Waals surface area contributed by atoms with Gasteiger partial charge in [-0.1, -0.05) is 13.8 Å². The van der Waals surface area contributed by atoms with Crippen LogP contribution >= 0.6 is 0 Å². The van der Waals surface area contributed by atoms with Gasteiger partial charge in [0.25, 0.3) is 0 Å². The molecule has 13 heavy (non-hydrogen) atoms. The zero-order chi connectivity index (χ0) is 10.1. The molecule has 0 saturated carbocycles. The Hall–Kier alpha value is -0.370. The quantitative estimate of drug-likeness (QED) is 0.667. The van der Waals surface area contributed by atoms with E-state index in [1.807, 2.05) is 0 Å². The van der Waals surface area contributed by atoms with Gasteiger partial charge in [0.05, 0.1) is 5.54 Å². The van der Waals surface area contributed by atoms with Crippen LogP contribution < -0.4 is 0 Å². The van der Waals surface area contributed by atoms with Crippen LogP contribution in [-0.2, 0) is 4.79 Å². The molecule has 1 rings (SSSR count). The Balaban J connectivity index is 2.68. The Morgan fingerprint density at radius 2 is 2.15 bits per heavy atom. The molecule has 2 nitrogen and oxygen atoms in total. The SMILES string of the molecule is CC(=O)[C@]1(C)CCCN1CC(C)C. The summed E-state index contributed by atoms with van der Waals surface area (Å²) in [6.07, 6.45) is 2.21. The predicted octanol–water partition coefficient (Wildman–Crippen LogP) is 2.09. The van der Waals surface area contributed by atoms with Crippen molar-refractivity contribution in [1.82, 2.24) is 4.90 Å². The van der Waals surface area contributed by atoms with Gasteiger partial charge in [0.15, 0.2) is 0 Å². The summed E-state index contributed by atoms with van der Waals surface area (Å²) in [5.41, 5.74) is -0.162. The summed E-state index contributed by atoms with van der Waals surface area (Å²) in [7, 11) is 0. The van der Waals surface area contributed by atoms with Gasteiger partial charge in [-0.2, -0.15) is 0 Å². The zero-order valence-electron chi connectivity index (χ0n) is 9.26. The van der Waals surface area contributed by atoms with Crippen LogP contribution in [0.2, 0.25) is 0 Å². The zero-order valence-corrected chi connectivity index (χ0v) is 9.26.